The summed E-state index contributed by atoms with van der Waals surface area (Å²) in [7, 11) is -3.90. The molecule has 3 N–H and O–H groups in total. The van der Waals surface area contributed by atoms with E-state index in [1.54, 1.807) is 0 Å². The molecule has 5 aliphatic rings. The third-order valence-electron chi connectivity index (χ3n) is 12.9. The molecule has 2 aliphatic heterocycles. The number of ether oxygens (including phenoxy) is 2. The Bertz CT molecular complexity index is 2310. The molecular weight excluding hydrogens is 773 g/mol. The monoisotopic (exact) mass is 828 g/mol. The standard InChI is InChI=1S/C44H56N6O8S/c1-5-29-23-44(29,41(53)48-59(55,56)31-18-19-31)47-38(51)34-22-30-25-50(34)40(52)36(28-14-8-9-15-28)46-42(54)57-26-43(3,4)20-12-6-7-13-21-49-24-27(2)35-32-16-10-11-17-33(32)45-39(58-30)37(35)49/h5,7,10-11,13,16-17,24,28-31,34,36H,1,6,8-9,12,14-15,18-23,25-26H2,2-4H3,(H,46,54)(H,47,51)(H,48,53)/t29-,30-,34+,36+,44-/m1/s1. The summed E-state index contributed by atoms with van der Waals surface area (Å²) in [5, 5.41) is 7.13. The molecule has 4 amide bonds. The molecule has 0 unspecified atom stereocenters. The molecule has 3 aliphatic carbocycles. The molecule has 0 spiro atoms. The van der Waals surface area contributed by atoms with Crippen molar-refractivity contribution >= 4 is 55.6 Å². The average molecular weight is 829 g/mol. The molecule has 15 heteroatoms. The summed E-state index contributed by atoms with van der Waals surface area (Å²) in [6, 6.07) is 5.79. The van der Waals surface area contributed by atoms with Gasteiger partial charge in [-0.3, -0.25) is 19.1 Å². The van der Waals surface area contributed by atoms with Crippen LogP contribution in [0.1, 0.15) is 90.0 Å². The number of nitrogens with one attached hydrogen (secondary N) is 3. The van der Waals surface area contributed by atoms with Crippen LogP contribution in [0.5, 0.6) is 5.88 Å². The number of aryl methyl sites for hydroxylation is 1. The third-order valence-corrected chi connectivity index (χ3v) is 14.8. The van der Waals surface area contributed by atoms with Gasteiger partial charge in [-0.25, -0.2) is 18.2 Å². The number of sulfonamides is 1. The first-order valence-corrected chi connectivity index (χ1v) is 22.7. The number of benzene rings is 1. The van der Waals surface area contributed by atoms with Crippen LogP contribution < -0.4 is 20.1 Å². The summed E-state index contributed by atoms with van der Waals surface area (Å²) in [5.74, 6) is -2.20. The summed E-state index contributed by atoms with van der Waals surface area (Å²) in [6.45, 7) is 10.7. The van der Waals surface area contributed by atoms with E-state index >= 15 is 0 Å². The van der Waals surface area contributed by atoms with Gasteiger partial charge in [0.25, 0.3) is 5.91 Å². The van der Waals surface area contributed by atoms with Crippen LogP contribution in [0.2, 0.25) is 0 Å². The molecule has 316 valence electrons. The van der Waals surface area contributed by atoms with E-state index < -0.39 is 68.7 Å². The quantitative estimate of drug-likeness (QED) is 0.257. The Hall–Kier alpha value is -4.92. The minimum atomic E-state index is -3.90. The van der Waals surface area contributed by atoms with Crippen LogP contribution in [-0.2, 0) is 35.7 Å². The highest BCUT2D eigenvalue weighted by molar-refractivity contribution is 7.91. The second kappa shape index (κ2) is 15.9. The van der Waals surface area contributed by atoms with Gasteiger partial charge in [0.05, 0.1) is 23.9 Å². The van der Waals surface area contributed by atoms with E-state index in [1.165, 1.54) is 11.0 Å². The number of carbonyl (C=O) groups excluding carboxylic acids is 4. The first-order chi connectivity index (χ1) is 28.2. The molecule has 3 saturated carbocycles. The summed E-state index contributed by atoms with van der Waals surface area (Å²) in [6.07, 6.45) is 13.5. The molecule has 14 nitrogen and oxygen atoms in total. The number of aromatic nitrogens is 2. The smallest absolute Gasteiger partial charge is 0.407 e. The molecule has 8 rings (SSSR count). The normalized spacial score (nSPS) is 28.1. The maximum atomic E-state index is 14.9. The molecule has 4 fully saturated rings. The zero-order valence-corrected chi connectivity index (χ0v) is 35.0. The number of pyridine rings is 1. The van der Waals surface area contributed by atoms with E-state index in [0.29, 0.717) is 25.3 Å². The van der Waals surface area contributed by atoms with Crippen molar-refractivity contribution in [1.82, 2.24) is 29.8 Å². The Morgan fingerprint density at radius 3 is 2.56 bits per heavy atom. The fraction of sp³-hybridized carbons (Fsp3) is 0.568. The number of allylic oxidation sites excluding steroid dienone is 2. The Kier molecular flexibility index (Phi) is 11.0. The van der Waals surface area contributed by atoms with Crippen molar-refractivity contribution in [2.45, 2.75) is 127 Å². The molecule has 3 aromatic rings. The van der Waals surface area contributed by atoms with Crippen molar-refractivity contribution in [1.29, 1.82) is 0 Å². The van der Waals surface area contributed by atoms with Gasteiger partial charge < -0.3 is 29.6 Å². The summed E-state index contributed by atoms with van der Waals surface area (Å²) < 4.78 is 42.6. The van der Waals surface area contributed by atoms with E-state index in [2.05, 4.69) is 65.6 Å². The summed E-state index contributed by atoms with van der Waals surface area (Å²) in [5.41, 5.74) is 0.755. The topological polar surface area (TPSA) is 178 Å². The van der Waals surface area contributed by atoms with Gasteiger partial charge in [-0.2, -0.15) is 0 Å². The maximum Gasteiger partial charge on any atom is 0.407 e. The molecule has 2 aromatic heterocycles. The van der Waals surface area contributed by atoms with Gasteiger partial charge in [0, 0.05) is 35.9 Å². The van der Waals surface area contributed by atoms with E-state index in [0.717, 1.165) is 72.3 Å². The van der Waals surface area contributed by atoms with Crippen LogP contribution in [0.3, 0.4) is 0 Å². The van der Waals surface area contributed by atoms with Crippen LogP contribution in [0.15, 0.2) is 55.3 Å². The predicted molar refractivity (Wildman–Crippen MR) is 223 cm³/mol. The van der Waals surface area contributed by atoms with Crippen LogP contribution in [-0.4, -0.2) is 88.8 Å². The number of fused-ring (bicyclic) bond motifs is 4. The lowest BCUT2D eigenvalue weighted by Gasteiger charge is -2.32. The number of nitrogens with zero attached hydrogens (tertiary/aromatic N) is 3. The van der Waals surface area contributed by atoms with Crippen LogP contribution in [0.25, 0.3) is 21.8 Å². The molecule has 1 saturated heterocycles. The number of cyclic esters (lactones) is 1. The van der Waals surface area contributed by atoms with E-state index in [9.17, 15) is 27.6 Å². The maximum absolute atomic E-state index is 14.9. The number of rotatable bonds is 7. The lowest BCUT2D eigenvalue weighted by atomic mass is 9.88. The Balaban J connectivity index is 1.17. The zero-order chi connectivity index (χ0) is 41.7. The Labute approximate surface area is 345 Å². The minimum Gasteiger partial charge on any atom is -0.471 e. The van der Waals surface area contributed by atoms with Gasteiger partial charge in [-0.15, -0.1) is 6.58 Å². The van der Waals surface area contributed by atoms with Crippen molar-refractivity contribution < 1.29 is 37.1 Å². The van der Waals surface area contributed by atoms with Gasteiger partial charge >= 0.3 is 6.09 Å². The highest BCUT2D eigenvalue weighted by Gasteiger charge is 2.62. The zero-order valence-electron chi connectivity index (χ0n) is 34.2. The molecule has 59 heavy (non-hydrogen) atoms. The largest absolute Gasteiger partial charge is 0.471 e. The number of para-hydroxylation sites is 1. The van der Waals surface area contributed by atoms with Crippen LogP contribution >= 0.6 is 0 Å². The van der Waals surface area contributed by atoms with Gasteiger partial charge in [0.1, 0.15) is 29.2 Å². The molecule has 2 bridgehead atoms. The van der Waals surface area contributed by atoms with Crippen molar-refractivity contribution in [3.63, 3.8) is 0 Å². The average Bonchev–Trinajstić information content (AvgIpc) is 4.02. The van der Waals surface area contributed by atoms with Gasteiger partial charge in [-0.1, -0.05) is 63.1 Å². The second-order valence-corrected chi connectivity index (χ2v) is 20.0. The lowest BCUT2D eigenvalue weighted by molar-refractivity contribution is -0.142. The fourth-order valence-corrected chi connectivity index (χ4v) is 10.7. The van der Waals surface area contributed by atoms with E-state index in [1.807, 2.05) is 24.3 Å². The summed E-state index contributed by atoms with van der Waals surface area (Å²) >= 11 is 0. The molecule has 4 heterocycles. The number of carbonyl (C=O) groups is 4. The number of alkyl carbamates (subject to hydrolysis) is 1. The van der Waals surface area contributed by atoms with Crippen LogP contribution in [0, 0.1) is 24.2 Å². The highest BCUT2D eigenvalue weighted by Crippen LogP contribution is 2.46. The Morgan fingerprint density at radius 1 is 1.07 bits per heavy atom. The number of hydrogen-bond donors (Lipinski definition) is 3. The lowest BCUT2D eigenvalue weighted by Crippen LogP contribution is -2.59. The first kappa shape index (κ1) is 40.8. The molecular formula is C44H56N6O8S. The van der Waals surface area contributed by atoms with Crippen molar-refractivity contribution in [2.75, 3.05) is 13.2 Å². The van der Waals surface area contributed by atoms with Gasteiger partial charge in [-0.05, 0) is 81.3 Å². The number of hydrogen-bond acceptors (Lipinski definition) is 9. The first-order valence-electron chi connectivity index (χ1n) is 21.1. The van der Waals surface area contributed by atoms with Crippen molar-refractivity contribution in [3.05, 3.63) is 60.8 Å². The summed E-state index contributed by atoms with van der Waals surface area (Å²) in [4.78, 5) is 63.2. The second-order valence-electron chi connectivity index (χ2n) is 18.1. The number of amides is 4. The minimum absolute atomic E-state index is 0.000362. The molecule has 5 atom stereocenters. The SMILES string of the molecule is C=C[C@@H]1C[C@]1(NC(=O)[C@@H]1C[C@@H]2CN1C(=O)[C@H](C1CCCC1)NC(=O)OCC(C)(C)CCCC=CCn1cc(C)c3c4ccccc4nc(c31)O2)C(=O)NS(=O)(=O)C1CC1. The molecule has 1 aromatic carbocycles. The predicted octanol–water partition coefficient (Wildman–Crippen LogP) is 5.57. The van der Waals surface area contributed by atoms with Crippen molar-refractivity contribution in [2.24, 2.45) is 17.3 Å². The molecule has 0 radical (unpaired) electrons. The third kappa shape index (κ3) is 8.31. The van der Waals surface area contributed by atoms with Crippen LogP contribution in [0.4, 0.5) is 4.79 Å². The van der Waals surface area contributed by atoms with Gasteiger partial charge in [0.15, 0.2) is 0 Å². The van der Waals surface area contributed by atoms with Crippen molar-refractivity contribution in [3.8, 4) is 5.88 Å². The van der Waals surface area contributed by atoms with E-state index in [4.69, 9.17) is 14.5 Å². The fourth-order valence-electron chi connectivity index (χ4n) is 9.34. The van der Waals surface area contributed by atoms with Gasteiger partial charge in [0.2, 0.25) is 27.7 Å². The van der Waals surface area contributed by atoms with E-state index in [-0.39, 0.29) is 37.3 Å². The Morgan fingerprint density at radius 2 is 1.83 bits per heavy atom. The highest BCUT2D eigenvalue weighted by atomic mass is 32.2.